The van der Waals surface area contributed by atoms with Gasteiger partial charge in [0, 0.05) is 29.0 Å². The molecule has 0 aliphatic heterocycles. The number of halogens is 1. The van der Waals surface area contributed by atoms with Crippen LogP contribution in [0.1, 0.15) is 65.8 Å². The maximum Gasteiger partial charge on any atom is 0.355 e. The van der Waals surface area contributed by atoms with Crippen molar-refractivity contribution in [3.8, 4) is 22.1 Å². The molecule has 2 fully saturated rings. The number of carboxylic acid groups (broad SMARTS) is 1. The minimum atomic E-state index is -1.09. The van der Waals surface area contributed by atoms with Crippen molar-refractivity contribution in [2.45, 2.75) is 62.4 Å². The molecule has 1 unspecified atom stereocenters. The Bertz CT molecular complexity index is 1560. The number of aromatic nitrogens is 3. The molecule has 11 heteroatoms. The summed E-state index contributed by atoms with van der Waals surface area (Å²) in [5.41, 5.74) is 3.89. The molecule has 0 spiro atoms. The monoisotopic (exact) mass is 595 g/mol. The number of nitrogens with two attached hydrogens (primary N) is 1. The molecule has 0 amide bonds. The van der Waals surface area contributed by atoms with Crippen LogP contribution in [0.5, 0.6) is 5.75 Å². The Kier molecular flexibility index (Phi) is 8.12. The smallest absolute Gasteiger partial charge is 0.355 e. The molecule has 2 saturated carbocycles. The van der Waals surface area contributed by atoms with E-state index in [0.29, 0.717) is 33.6 Å². The van der Waals surface area contributed by atoms with Gasteiger partial charge in [0.2, 0.25) is 10.0 Å². The fraction of sp³-hybridized carbons (Fsp3) is 0.367. The van der Waals surface area contributed by atoms with Gasteiger partial charge >= 0.3 is 5.97 Å². The number of benzene rings is 2. The molecule has 4 aromatic rings. The number of carbonyl (C=O) groups is 1. The number of hydrogen-bond donors (Lipinski definition) is 2. The normalized spacial score (nSPS) is 16.3. The van der Waals surface area contributed by atoms with Gasteiger partial charge in [-0.1, -0.05) is 18.2 Å². The lowest BCUT2D eigenvalue weighted by atomic mass is 9.96. The van der Waals surface area contributed by atoms with Crippen LogP contribution in [0.15, 0.2) is 52.7 Å². The van der Waals surface area contributed by atoms with Crippen molar-refractivity contribution in [1.29, 1.82) is 0 Å². The van der Waals surface area contributed by atoms with Gasteiger partial charge in [-0.25, -0.2) is 18.9 Å². The van der Waals surface area contributed by atoms with Crippen LogP contribution in [0.25, 0.3) is 16.4 Å². The fourth-order valence-corrected chi connectivity index (χ4v) is 6.71. The van der Waals surface area contributed by atoms with E-state index >= 15 is 4.39 Å². The van der Waals surface area contributed by atoms with Crippen LogP contribution in [0.3, 0.4) is 0 Å². The first-order chi connectivity index (χ1) is 19.9. The summed E-state index contributed by atoms with van der Waals surface area (Å²) in [6, 6.07) is 12.9. The zero-order valence-corrected chi connectivity index (χ0v) is 24.3. The molecule has 1 atom stereocenters. The van der Waals surface area contributed by atoms with Crippen molar-refractivity contribution < 1.29 is 23.2 Å². The minimum Gasteiger partial charge on any atom is -0.490 e. The molecule has 2 aliphatic carbocycles. The summed E-state index contributed by atoms with van der Waals surface area (Å²) in [4.78, 5) is 16.6. The van der Waals surface area contributed by atoms with Gasteiger partial charge in [0.1, 0.15) is 11.6 Å². The second-order valence-electron chi connectivity index (χ2n) is 10.6. The van der Waals surface area contributed by atoms with Crippen molar-refractivity contribution in [1.82, 2.24) is 14.8 Å². The van der Waals surface area contributed by atoms with Gasteiger partial charge in [0.15, 0.2) is 5.69 Å². The minimum absolute atomic E-state index is 0.0233. The van der Waals surface area contributed by atoms with Crippen LogP contribution in [0, 0.1) is 11.7 Å². The Morgan fingerprint density at radius 2 is 2.00 bits per heavy atom. The number of ether oxygens (including phenoxy) is 1. The summed E-state index contributed by atoms with van der Waals surface area (Å²) >= 11 is 0.238. The first-order valence-electron chi connectivity index (χ1n) is 13.8. The molecule has 6 rings (SSSR count). The Morgan fingerprint density at radius 1 is 1.20 bits per heavy atom. The molecule has 41 heavy (non-hydrogen) atoms. The Labute approximate surface area is 245 Å². The van der Waals surface area contributed by atoms with Gasteiger partial charge in [0.25, 0.3) is 11.4 Å². The van der Waals surface area contributed by atoms with Gasteiger partial charge in [-0.05, 0) is 74.6 Å². The number of rotatable bonds is 11. The first-order valence-corrected chi connectivity index (χ1v) is 15.9. The highest BCUT2D eigenvalue weighted by atomic mass is 32.2. The van der Waals surface area contributed by atoms with Gasteiger partial charge in [0.05, 0.1) is 24.6 Å². The summed E-state index contributed by atoms with van der Waals surface area (Å²) in [6.07, 6.45) is 7.94. The SMILES string of the molecule is CO[S+](N)c1ccc(Cc2c(-c3cccc(OC4CCCC4)c3)nn(-c3nc(C(=O)O)cs3)c2CC2CC2)c(F)c1. The molecule has 2 heterocycles. The molecule has 8 nitrogen and oxygen atoms in total. The van der Waals surface area contributed by atoms with Crippen LogP contribution in [-0.2, 0) is 28.4 Å². The summed E-state index contributed by atoms with van der Waals surface area (Å²) in [5.74, 6) is -0.163. The van der Waals surface area contributed by atoms with E-state index in [-0.39, 0.29) is 17.6 Å². The third-order valence-corrected chi connectivity index (χ3v) is 9.57. The summed E-state index contributed by atoms with van der Waals surface area (Å²) < 4.78 is 28.7. The summed E-state index contributed by atoms with van der Waals surface area (Å²) in [6.45, 7) is 0. The Balaban J connectivity index is 1.46. The standard InChI is InChI=1S/C30H31FN4O4S2/c1-38-41(32)23-12-11-19(25(31)16-23)15-24-27(13-18-9-10-18)35(30-33-26(17-40-30)29(36)37)34-28(24)20-5-4-8-22(14-20)39-21-6-2-3-7-21/h4-5,8,11-12,14,16-18,21H,2-3,6-7,9-10,13,15,32H2,1H3/p+1. The van der Waals surface area contributed by atoms with E-state index in [1.807, 2.05) is 24.3 Å². The number of thiazole rings is 1. The molecule has 3 N–H and O–H groups in total. The van der Waals surface area contributed by atoms with E-state index in [1.54, 1.807) is 16.8 Å². The maximum absolute atomic E-state index is 15.5. The second-order valence-corrected chi connectivity index (χ2v) is 12.8. The van der Waals surface area contributed by atoms with Gasteiger partial charge in [-0.2, -0.15) is 9.28 Å². The average molecular weight is 596 g/mol. The predicted molar refractivity (Wildman–Crippen MR) is 157 cm³/mol. The molecule has 0 radical (unpaired) electrons. The van der Waals surface area contributed by atoms with Crippen molar-refractivity contribution >= 4 is 28.7 Å². The maximum atomic E-state index is 15.5. The first kappa shape index (κ1) is 27.9. The lowest BCUT2D eigenvalue weighted by molar-refractivity contribution is 0.0691. The zero-order valence-electron chi connectivity index (χ0n) is 22.7. The molecule has 0 bridgehead atoms. The molecular formula is C30H32FN4O4S2+. The molecule has 2 aliphatic rings. The number of carboxylic acids is 1. The average Bonchev–Trinajstić information content (AvgIpc) is 3.30. The van der Waals surface area contributed by atoms with Crippen molar-refractivity contribution in [3.63, 3.8) is 0 Å². The number of nitrogens with zero attached hydrogens (tertiary/aromatic N) is 3. The van der Waals surface area contributed by atoms with Crippen LogP contribution in [0.2, 0.25) is 0 Å². The lowest BCUT2D eigenvalue weighted by Crippen LogP contribution is -2.15. The number of hydrogen-bond acceptors (Lipinski definition) is 7. The highest BCUT2D eigenvalue weighted by Gasteiger charge is 2.30. The quantitative estimate of drug-likeness (QED) is 0.201. The molecule has 2 aromatic heterocycles. The largest absolute Gasteiger partial charge is 0.490 e. The van der Waals surface area contributed by atoms with Crippen LogP contribution >= 0.6 is 11.3 Å². The third-order valence-electron chi connectivity index (χ3n) is 7.68. The van der Waals surface area contributed by atoms with Crippen molar-refractivity contribution in [2.75, 3.05) is 7.11 Å². The topological polar surface area (TPSA) is 112 Å². The highest BCUT2D eigenvalue weighted by molar-refractivity contribution is 7.90. The van der Waals surface area contributed by atoms with E-state index in [0.717, 1.165) is 54.7 Å². The van der Waals surface area contributed by atoms with E-state index < -0.39 is 17.3 Å². The van der Waals surface area contributed by atoms with E-state index in [1.165, 1.54) is 42.7 Å². The van der Waals surface area contributed by atoms with Crippen LogP contribution in [-0.4, -0.2) is 39.1 Å². The van der Waals surface area contributed by atoms with Crippen molar-refractivity contribution in [3.05, 3.63) is 76.2 Å². The van der Waals surface area contributed by atoms with E-state index in [2.05, 4.69) is 4.98 Å². The van der Waals surface area contributed by atoms with E-state index in [9.17, 15) is 9.90 Å². The third kappa shape index (κ3) is 6.18. The fourth-order valence-electron chi connectivity index (χ4n) is 5.32. The van der Waals surface area contributed by atoms with Gasteiger partial charge in [-0.15, -0.1) is 16.5 Å². The molecule has 0 saturated heterocycles. The zero-order chi connectivity index (χ0) is 28.5. The predicted octanol–water partition coefficient (Wildman–Crippen LogP) is 6.11. The lowest BCUT2D eigenvalue weighted by Gasteiger charge is -2.14. The van der Waals surface area contributed by atoms with Gasteiger partial charge in [-0.3, -0.25) is 0 Å². The van der Waals surface area contributed by atoms with Crippen molar-refractivity contribution in [2.24, 2.45) is 11.1 Å². The van der Waals surface area contributed by atoms with E-state index in [4.69, 9.17) is 19.2 Å². The summed E-state index contributed by atoms with van der Waals surface area (Å²) in [7, 11) is 1.50. The Hall–Kier alpha value is -3.25. The Morgan fingerprint density at radius 3 is 2.68 bits per heavy atom. The molecule has 2 aromatic carbocycles. The van der Waals surface area contributed by atoms with Crippen LogP contribution < -0.4 is 9.88 Å². The van der Waals surface area contributed by atoms with Gasteiger partial charge < -0.3 is 9.84 Å². The summed E-state index contributed by atoms with van der Waals surface area (Å²) in [5, 5.41) is 22.5. The second kappa shape index (κ2) is 11.9. The highest BCUT2D eigenvalue weighted by Crippen LogP contribution is 2.39. The molecular weight excluding hydrogens is 563 g/mol. The van der Waals surface area contributed by atoms with Crippen LogP contribution in [0.4, 0.5) is 4.39 Å². The number of aromatic carboxylic acids is 1. The molecule has 214 valence electrons.